The van der Waals surface area contributed by atoms with E-state index < -0.39 is 0 Å². The summed E-state index contributed by atoms with van der Waals surface area (Å²) < 4.78 is 0. The lowest BCUT2D eigenvalue weighted by Crippen LogP contribution is -2.45. The summed E-state index contributed by atoms with van der Waals surface area (Å²) in [6.07, 6.45) is 8.35. The Morgan fingerprint density at radius 1 is 1.19 bits per heavy atom. The van der Waals surface area contributed by atoms with Crippen molar-refractivity contribution in [3.05, 3.63) is 0 Å². The van der Waals surface area contributed by atoms with Gasteiger partial charge in [-0.3, -0.25) is 0 Å². The lowest BCUT2D eigenvalue weighted by atomic mass is 9.82. The van der Waals surface area contributed by atoms with Gasteiger partial charge in [-0.2, -0.15) is 0 Å². The summed E-state index contributed by atoms with van der Waals surface area (Å²) in [4.78, 5) is 2.61. The number of halogens is 1. The van der Waals surface area contributed by atoms with Crippen molar-refractivity contribution >= 4 is 12.4 Å². The van der Waals surface area contributed by atoms with Gasteiger partial charge in [-0.15, -0.1) is 12.4 Å². The summed E-state index contributed by atoms with van der Waals surface area (Å²) in [5.41, 5.74) is 6.02. The van der Waals surface area contributed by atoms with E-state index >= 15 is 0 Å². The van der Waals surface area contributed by atoms with Crippen LogP contribution in [0.3, 0.4) is 0 Å². The third kappa shape index (κ3) is 4.23. The molecule has 0 amide bonds. The van der Waals surface area contributed by atoms with E-state index in [1.54, 1.807) is 0 Å². The Bertz CT molecular complexity index is 178. The second-order valence-corrected chi connectivity index (χ2v) is 5.80. The fourth-order valence-corrected chi connectivity index (χ4v) is 3.35. The summed E-state index contributed by atoms with van der Waals surface area (Å²) in [7, 11) is 0. The number of nitrogens with zero attached hydrogens (tertiary/aromatic N) is 1. The van der Waals surface area contributed by atoms with Crippen molar-refractivity contribution in [1.29, 1.82) is 0 Å². The van der Waals surface area contributed by atoms with Crippen LogP contribution < -0.4 is 5.73 Å². The van der Waals surface area contributed by atoms with Crippen LogP contribution in [-0.4, -0.2) is 30.6 Å². The van der Waals surface area contributed by atoms with E-state index in [1.807, 2.05) is 0 Å². The summed E-state index contributed by atoms with van der Waals surface area (Å²) in [6.45, 7) is 6.16. The predicted molar refractivity (Wildman–Crippen MR) is 72.0 cm³/mol. The minimum Gasteiger partial charge on any atom is -0.327 e. The van der Waals surface area contributed by atoms with Crippen molar-refractivity contribution in [2.75, 3.05) is 19.6 Å². The number of hydrogen-bond donors (Lipinski definition) is 1. The van der Waals surface area contributed by atoms with Gasteiger partial charge in [-0.1, -0.05) is 19.8 Å². The zero-order chi connectivity index (χ0) is 10.7. The smallest absolute Gasteiger partial charge is 0.0168 e. The number of nitrogens with two attached hydrogens (primary N) is 1. The fourth-order valence-electron chi connectivity index (χ4n) is 3.35. The normalized spacial score (nSPS) is 36.8. The molecule has 0 radical (unpaired) electrons. The number of rotatable bonds is 2. The summed E-state index contributed by atoms with van der Waals surface area (Å²) in [6, 6.07) is 0.444. The van der Waals surface area contributed by atoms with Crippen molar-refractivity contribution in [3.63, 3.8) is 0 Å². The quantitative estimate of drug-likeness (QED) is 0.812. The van der Waals surface area contributed by atoms with Crippen LogP contribution in [0.25, 0.3) is 0 Å². The fraction of sp³-hybridized carbons (Fsp3) is 1.00. The van der Waals surface area contributed by atoms with Gasteiger partial charge in [0, 0.05) is 19.1 Å². The van der Waals surface area contributed by atoms with Gasteiger partial charge in [-0.25, -0.2) is 0 Å². The molecule has 2 nitrogen and oxygen atoms in total. The van der Waals surface area contributed by atoms with Crippen molar-refractivity contribution < 1.29 is 0 Å². The van der Waals surface area contributed by atoms with Crippen LogP contribution >= 0.6 is 12.4 Å². The first kappa shape index (κ1) is 14.3. The van der Waals surface area contributed by atoms with Crippen LogP contribution in [0.2, 0.25) is 0 Å². The molecule has 0 aromatic carbocycles. The zero-order valence-corrected chi connectivity index (χ0v) is 11.3. The Hall–Kier alpha value is 0.210. The molecule has 0 spiro atoms. The summed E-state index contributed by atoms with van der Waals surface area (Å²) in [5, 5.41) is 0. The SMILES string of the molecule is CC1CCCC(CN2CCC[C@@H](N)C2)C1.Cl. The molecule has 3 heteroatoms. The highest BCUT2D eigenvalue weighted by molar-refractivity contribution is 5.85. The van der Waals surface area contributed by atoms with Crippen molar-refractivity contribution in [3.8, 4) is 0 Å². The van der Waals surface area contributed by atoms with Gasteiger partial charge < -0.3 is 10.6 Å². The molecule has 0 aromatic heterocycles. The maximum Gasteiger partial charge on any atom is 0.0168 e. The highest BCUT2D eigenvalue weighted by Gasteiger charge is 2.23. The third-order valence-corrected chi connectivity index (χ3v) is 4.10. The number of likely N-dealkylation sites (tertiary alicyclic amines) is 1. The van der Waals surface area contributed by atoms with E-state index in [0.717, 1.165) is 18.4 Å². The molecule has 1 saturated heterocycles. The van der Waals surface area contributed by atoms with Crippen molar-refractivity contribution in [2.45, 2.75) is 51.5 Å². The van der Waals surface area contributed by atoms with E-state index in [2.05, 4.69) is 11.8 Å². The predicted octanol–water partition coefficient (Wildman–Crippen LogP) is 2.66. The molecule has 3 atom stereocenters. The van der Waals surface area contributed by atoms with E-state index in [9.17, 15) is 0 Å². The van der Waals surface area contributed by atoms with Crippen molar-refractivity contribution in [1.82, 2.24) is 4.90 Å². The van der Waals surface area contributed by atoms with Crippen LogP contribution in [0.5, 0.6) is 0 Å². The van der Waals surface area contributed by atoms with Gasteiger partial charge in [0.2, 0.25) is 0 Å². The van der Waals surface area contributed by atoms with Crippen LogP contribution in [0, 0.1) is 11.8 Å². The highest BCUT2D eigenvalue weighted by Crippen LogP contribution is 2.29. The first-order valence-electron chi connectivity index (χ1n) is 6.72. The molecular weight excluding hydrogens is 220 g/mol. The average Bonchev–Trinajstić information content (AvgIpc) is 2.17. The van der Waals surface area contributed by atoms with Crippen LogP contribution in [0.15, 0.2) is 0 Å². The van der Waals surface area contributed by atoms with Gasteiger partial charge in [0.05, 0.1) is 0 Å². The molecular formula is C13H27ClN2. The van der Waals surface area contributed by atoms with Gasteiger partial charge in [0.15, 0.2) is 0 Å². The molecule has 2 unspecified atom stereocenters. The average molecular weight is 247 g/mol. The van der Waals surface area contributed by atoms with E-state index in [4.69, 9.17) is 5.73 Å². The molecule has 2 rings (SSSR count). The molecule has 2 aliphatic rings. The molecule has 1 aliphatic heterocycles. The number of piperidine rings is 1. The maximum absolute atomic E-state index is 6.02. The minimum absolute atomic E-state index is 0. The maximum atomic E-state index is 6.02. The van der Waals surface area contributed by atoms with Gasteiger partial charge in [-0.05, 0) is 44.1 Å². The van der Waals surface area contributed by atoms with E-state index in [-0.39, 0.29) is 12.4 Å². The second-order valence-electron chi connectivity index (χ2n) is 5.80. The Morgan fingerprint density at radius 2 is 2.00 bits per heavy atom. The molecule has 0 bridgehead atoms. The topological polar surface area (TPSA) is 29.3 Å². The molecule has 0 aromatic rings. The first-order chi connectivity index (χ1) is 7.24. The Balaban J connectivity index is 0.00000128. The summed E-state index contributed by atoms with van der Waals surface area (Å²) in [5.74, 6) is 1.92. The van der Waals surface area contributed by atoms with Gasteiger partial charge in [0.1, 0.15) is 0 Å². The van der Waals surface area contributed by atoms with Crippen molar-refractivity contribution in [2.24, 2.45) is 17.6 Å². The molecule has 1 heterocycles. The van der Waals surface area contributed by atoms with Gasteiger partial charge >= 0.3 is 0 Å². The molecule has 1 saturated carbocycles. The minimum atomic E-state index is 0. The summed E-state index contributed by atoms with van der Waals surface area (Å²) >= 11 is 0. The molecule has 2 N–H and O–H groups in total. The molecule has 1 aliphatic carbocycles. The Kier molecular flexibility index (Phi) is 6.09. The standard InChI is InChI=1S/C13H26N2.ClH/c1-11-4-2-5-12(8-11)9-15-7-3-6-13(14)10-15;/h11-13H,2-10,14H2,1H3;1H/t11?,12?,13-;/m1./s1. The zero-order valence-electron chi connectivity index (χ0n) is 10.5. The Labute approximate surface area is 106 Å². The lowest BCUT2D eigenvalue weighted by Gasteiger charge is -2.36. The van der Waals surface area contributed by atoms with Crippen LogP contribution in [0.1, 0.15) is 45.4 Å². The van der Waals surface area contributed by atoms with Crippen LogP contribution in [-0.2, 0) is 0 Å². The molecule has 96 valence electrons. The number of hydrogen-bond acceptors (Lipinski definition) is 2. The molecule has 16 heavy (non-hydrogen) atoms. The second kappa shape index (κ2) is 6.83. The first-order valence-corrected chi connectivity index (χ1v) is 6.72. The Morgan fingerprint density at radius 3 is 2.69 bits per heavy atom. The van der Waals surface area contributed by atoms with E-state index in [1.165, 1.54) is 51.6 Å². The lowest BCUT2D eigenvalue weighted by molar-refractivity contribution is 0.148. The van der Waals surface area contributed by atoms with Gasteiger partial charge in [0.25, 0.3) is 0 Å². The molecule has 2 fully saturated rings. The largest absolute Gasteiger partial charge is 0.327 e. The van der Waals surface area contributed by atoms with Crippen LogP contribution in [0.4, 0.5) is 0 Å². The monoisotopic (exact) mass is 246 g/mol. The highest BCUT2D eigenvalue weighted by atomic mass is 35.5. The van der Waals surface area contributed by atoms with E-state index in [0.29, 0.717) is 6.04 Å². The third-order valence-electron chi connectivity index (χ3n) is 4.10.